The van der Waals surface area contributed by atoms with Gasteiger partial charge >= 0.3 is 23.9 Å². The second-order valence-electron chi connectivity index (χ2n) is 5.49. The van der Waals surface area contributed by atoms with Crippen molar-refractivity contribution in [1.82, 2.24) is 0 Å². The molecule has 1 rings (SSSR count). The Balaban J connectivity index is 2.67. The Labute approximate surface area is 125 Å². The van der Waals surface area contributed by atoms with Gasteiger partial charge in [-0.05, 0) is 6.08 Å². The predicted octanol–water partition coefficient (Wildman–Crippen LogP) is 4.06. The van der Waals surface area contributed by atoms with E-state index in [1.165, 1.54) is 0 Å². The highest BCUT2D eigenvalue weighted by atomic mass is 19.4. The highest BCUT2D eigenvalue weighted by Crippen LogP contribution is 2.53. The molecule has 0 aromatic heterocycles. The molecule has 11 heteroatoms. The second-order valence-corrected chi connectivity index (χ2v) is 5.49. The van der Waals surface area contributed by atoms with Gasteiger partial charge in [-0.2, -0.15) is 39.5 Å². The van der Waals surface area contributed by atoms with Crippen LogP contribution in [0.5, 0.6) is 0 Å². The molecule has 23 heavy (non-hydrogen) atoms. The van der Waals surface area contributed by atoms with Crippen LogP contribution in [0, 0.1) is 5.41 Å². The molecule has 0 N–H and O–H groups in total. The van der Waals surface area contributed by atoms with E-state index in [2.05, 4.69) is 0 Å². The van der Waals surface area contributed by atoms with E-state index < -0.39 is 36.6 Å². The Bertz CT molecular complexity index is 438. The third-order valence-electron chi connectivity index (χ3n) is 3.06. The van der Waals surface area contributed by atoms with Crippen molar-refractivity contribution in [2.75, 3.05) is 26.4 Å². The van der Waals surface area contributed by atoms with Crippen LogP contribution in [0.4, 0.5) is 39.5 Å². The van der Waals surface area contributed by atoms with E-state index in [1.807, 2.05) is 0 Å². The first-order valence-corrected chi connectivity index (χ1v) is 6.20. The molecule has 0 aromatic rings. The Morgan fingerprint density at radius 2 is 1.48 bits per heavy atom. The summed E-state index contributed by atoms with van der Waals surface area (Å²) in [6.45, 7) is 1.77. The van der Waals surface area contributed by atoms with Crippen molar-refractivity contribution < 1.29 is 49.0 Å². The van der Waals surface area contributed by atoms with E-state index in [1.54, 1.807) is 6.92 Å². The first-order valence-electron chi connectivity index (χ1n) is 6.20. The molecule has 1 aliphatic heterocycles. The maximum Gasteiger partial charge on any atom is 0.460 e. The third kappa shape index (κ3) is 3.93. The number of alkyl halides is 9. The Morgan fingerprint density at radius 1 is 0.957 bits per heavy atom. The van der Waals surface area contributed by atoms with Gasteiger partial charge in [0.15, 0.2) is 0 Å². The maximum atomic E-state index is 13.1. The fourth-order valence-electron chi connectivity index (χ4n) is 1.60. The lowest BCUT2D eigenvalue weighted by Crippen LogP contribution is -2.60. The lowest BCUT2D eigenvalue weighted by Gasteiger charge is -2.37. The monoisotopic (exact) mass is 360 g/mol. The fourth-order valence-corrected chi connectivity index (χ4v) is 1.60. The normalized spacial score (nSPS) is 19.9. The van der Waals surface area contributed by atoms with Crippen LogP contribution >= 0.6 is 0 Å². The number of allylic oxidation sites excluding steroid dienone is 1. The summed E-state index contributed by atoms with van der Waals surface area (Å²) in [5.74, 6) is -19.2. The summed E-state index contributed by atoms with van der Waals surface area (Å²) >= 11 is 0. The van der Waals surface area contributed by atoms with Gasteiger partial charge in [0, 0.05) is 5.41 Å². The summed E-state index contributed by atoms with van der Waals surface area (Å²) in [4.78, 5) is 0. The molecule has 0 aliphatic carbocycles. The summed E-state index contributed by atoms with van der Waals surface area (Å²) in [7, 11) is 0. The van der Waals surface area contributed by atoms with Gasteiger partial charge in [0.2, 0.25) is 0 Å². The molecular formula is C12H13F9O2. The van der Waals surface area contributed by atoms with Crippen molar-refractivity contribution in [1.29, 1.82) is 0 Å². The van der Waals surface area contributed by atoms with Crippen molar-refractivity contribution in [2.24, 2.45) is 5.41 Å². The Morgan fingerprint density at radius 3 is 1.87 bits per heavy atom. The van der Waals surface area contributed by atoms with Gasteiger partial charge in [0.25, 0.3) is 0 Å². The molecule has 1 fully saturated rings. The van der Waals surface area contributed by atoms with E-state index in [9.17, 15) is 39.5 Å². The number of rotatable bonds is 7. The van der Waals surface area contributed by atoms with E-state index in [-0.39, 0.29) is 18.1 Å². The van der Waals surface area contributed by atoms with Crippen molar-refractivity contribution >= 4 is 0 Å². The van der Waals surface area contributed by atoms with Crippen LogP contribution in [-0.2, 0) is 9.47 Å². The summed E-state index contributed by atoms with van der Waals surface area (Å²) in [5, 5.41) is 0. The van der Waals surface area contributed by atoms with E-state index in [0.717, 1.165) is 0 Å². The first-order chi connectivity index (χ1) is 10.2. The van der Waals surface area contributed by atoms with Crippen LogP contribution in [-0.4, -0.2) is 50.4 Å². The van der Waals surface area contributed by atoms with Gasteiger partial charge in [0.05, 0.1) is 26.4 Å². The molecule has 0 atom stereocenters. The highest BCUT2D eigenvalue weighted by molar-refractivity contribution is 5.10. The van der Waals surface area contributed by atoms with Crippen LogP contribution in [0.15, 0.2) is 12.2 Å². The zero-order valence-electron chi connectivity index (χ0n) is 11.7. The van der Waals surface area contributed by atoms with Crippen LogP contribution in [0.1, 0.15) is 6.92 Å². The standard InChI is InChI=1S/C12H13F9O2/c1-8(6-23-7-8)5-22-4-2-3-9(13,14)10(15,16)11(17,18)12(19,20)21/h2-3H,4-7H2,1H3/b3-2+. The molecule has 1 saturated heterocycles. The summed E-state index contributed by atoms with van der Waals surface area (Å²) in [6, 6.07) is 0. The Hall–Kier alpha value is -0.970. The zero-order valence-corrected chi connectivity index (χ0v) is 11.7. The fraction of sp³-hybridized carbons (Fsp3) is 0.833. The summed E-state index contributed by atoms with van der Waals surface area (Å²) in [5.41, 5.74) is -0.371. The molecule has 2 nitrogen and oxygen atoms in total. The third-order valence-corrected chi connectivity index (χ3v) is 3.06. The number of halogens is 9. The molecule has 0 spiro atoms. The quantitative estimate of drug-likeness (QED) is 0.387. The lowest BCUT2D eigenvalue weighted by molar-refractivity contribution is -0.388. The average Bonchev–Trinajstić information content (AvgIpc) is 2.34. The molecule has 0 unspecified atom stereocenters. The van der Waals surface area contributed by atoms with Gasteiger partial charge in [-0.1, -0.05) is 13.0 Å². The molecule has 0 amide bonds. The van der Waals surface area contributed by atoms with Crippen molar-refractivity contribution in [2.45, 2.75) is 30.9 Å². The second kappa shape index (κ2) is 6.15. The minimum absolute atomic E-state index is 0.0258. The van der Waals surface area contributed by atoms with Gasteiger partial charge in [-0.15, -0.1) is 0 Å². The largest absolute Gasteiger partial charge is 0.460 e. The number of hydrogen-bond donors (Lipinski definition) is 0. The average molecular weight is 360 g/mol. The minimum Gasteiger partial charge on any atom is -0.380 e. The van der Waals surface area contributed by atoms with Gasteiger partial charge in [-0.25, -0.2) is 0 Å². The van der Waals surface area contributed by atoms with E-state index in [0.29, 0.717) is 13.2 Å². The molecule has 0 aromatic carbocycles. The van der Waals surface area contributed by atoms with Gasteiger partial charge in [-0.3, -0.25) is 0 Å². The van der Waals surface area contributed by atoms with E-state index >= 15 is 0 Å². The molecular weight excluding hydrogens is 347 g/mol. The van der Waals surface area contributed by atoms with Gasteiger partial charge < -0.3 is 9.47 Å². The summed E-state index contributed by atoms with van der Waals surface area (Å²) in [6.07, 6.45) is -7.27. The van der Waals surface area contributed by atoms with Crippen LogP contribution in [0.3, 0.4) is 0 Å². The molecule has 0 bridgehead atoms. The molecule has 0 saturated carbocycles. The number of ether oxygens (including phenoxy) is 2. The predicted molar refractivity (Wildman–Crippen MR) is 59.8 cm³/mol. The van der Waals surface area contributed by atoms with E-state index in [4.69, 9.17) is 9.47 Å². The number of hydrogen-bond acceptors (Lipinski definition) is 2. The molecule has 1 heterocycles. The lowest BCUT2D eigenvalue weighted by atomic mass is 9.90. The SMILES string of the molecule is CC1(COC/C=C/C(F)(F)C(F)(F)C(F)(F)C(F)(F)F)COC1. The topological polar surface area (TPSA) is 18.5 Å². The van der Waals surface area contributed by atoms with Crippen LogP contribution in [0.25, 0.3) is 0 Å². The first kappa shape index (κ1) is 20.1. The smallest absolute Gasteiger partial charge is 0.380 e. The maximum absolute atomic E-state index is 13.1. The molecule has 0 radical (unpaired) electrons. The van der Waals surface area contributed by atoms with Crippen molar-refractivity contribution in [3.8, 4) is 0 Å². The summed E-state index contributed by atoms with van der Waals surface area (Å²) < 4.78 is 122. The molecule has 136 valence electrons. The van der Waals surface area contributed by atoms with Crippen LogP contribution in [0.2, 0.25) is 0 Å². The minimum atomic E-state index is -6.88. The zero-order chi connectivity index (χ0) is 18.2. The Kier molecular flexibility index (Phi) is 5.37. The van der Waals surface area contributed by atoms with Crippen molar-refractivity contribution in [3.63, 3.8) is 0 Å². The highest BCUT2D eigenvalue weighted by Gasteiger charge is 2.81. The van der Waals surface area contributed by atoms with Crippen molar-refractivity contribution in [3.05, 3.63) is 12.2 Å². The van der Waals surface area contributed by atoms with Crippen LogP contribution < -0.4 is 0 Å². The molecule has 1 aliphatic rings. The van der Waals surface area contributed by atoms with Gasteiger partial charge in [0.1, 0.15) is 0 Å².